The van der Waals surface area contributed by atoms with E-state index in [1.54, 1.807) is 0 Å². The number of nitrogens with zero attached hydrogens (tertiary/aromatic N) is 2. The monoisotopic (exact) mass is 253 g/mol. The van der Waals surface area contributed by atoms with Crippen molar-refractivity contribution in [2.24, 2.45) is 11.7 Å². The molecule has 0 amide bonds. The molecule has 1 aromatic rings. The van der Waals surface area contributed by atoms with E-state index in [1.807, 2.05) is 6.92 Å². The Hall–Kier alpha value is -0.940. The lowest BCUT2D eigenvalue weighted by molar-refractivity contribution is 0.00768. The van der Waals surface area contributed by atoms with E-state index in [9.17, 15) is 0 Å². The second-order valence-corrected chi connectivity index (χ2v) is 5.42. The lowest BCUT2D eigenvalue weighted by Crippen LogP contribution is -2.21. The predicted octanol–water partition coefficient (Wildman–Crippen LogP) is 2.01. The fraction of sp³-hybridized carbons (Fsp3) is 0.846. The molecule has 0 aromatic carbocycles. The van der Waals surface area contributed by atoms with Crippen molar-refractivity contribution in [3.05, 3.63) is 11.7 Å². The second kappa shape index (κ2) is 5.80. The highest BCUT2D eigenvalue weighted by Crippen LogP contribution is 2.33. The third-order valence-corrected chi connectivity index (χ3v) is 3.67. The Morgan fingerprint density at radius 2 is 2.28 bits per heavy atom. The van der Waals surface area contributed by atoms with Gasteiger partial charge in [-0.25, -0.2) is 0 Å². The molecule has 2 rings (SSSR count). The molecule has 5 nitrogen and oxygen atoms in total. The van der Waals surface area contributed by atoms with Gasteiger partial charge in [0, 0.05) is 13.0 Å². The van der Waals surface area contributed by atoms with Crippen LogP contribution < -0.4 is 5.73 Å². The minimum Gasteiger partial charge on any atom is -0.367 e. The molecule has 102 valence electrons. The summed E-state index contributed by atoms with van der Waals surface area (Å²) in [4.78, 5) is 4.46. The normalized spacial score (nSPS) is 25.5. The van der Waals surface area contributed by atoms with Crippen LogP contribution in [0.1, 0.15) is 51.2 Å². The van der Waals surface area contributed by atoms with Crippen molar-refractivity contribution in [3.63, 3.8) is 0 Å². The predicted molar refractivity (Wildman–Crippen MR) is 68.0 cm³/mol. The van der Waals surface area contributed by atoms with Crippen molar-refractivity contribution in [3.8, 4) is 0 Å². The quantitative estimate of drug-likeness (QED) is 0.839. The van der Waals surface area contributed by atoms with Crippen molar-refractivity contribution < 1.29 is 9.26 Å². The van der Waals surface area contributed by atoms with Gasteiger partial charge in [-0.15, -0.1) is 0 Å². The zero-order valence-electron chi connectivity index (χ0n) is 11.3. The number of nitrogens with two attached hydrogens (primary N) is 1. The lowest BCUT2D eigenvalue weighted by atomic mass is 10.0. The summed E-state index contributed by atoms with van der Waals surface area (Å²) >= 11 is 0. The minimum absolute atomic E-state index is 0.343. The van der Waals surface area contributed by atoms with Crippen LogP contribution in [0.25, 0.3) is 0 Å². The van der Waals surface area contributed by atoms with Gasteiger partial charge in [0.15, 0.2) is 0 Å². The molecule has 2 heterocycles. The van der Waals surface area contributed by atoms with E-state index < -0.39 is 0 Å². The molecule has 0 spiro atoms. The van der Waals surface area contributed by atoms with Gasteiger partial charge in [0.05, 0.1) is 0 Å². The maximum absolute atomic E-state index is 5.70. The highest BCUT2D eigenvalue weighted by Gasteiger charge is 2.36. The summed E-state index contributed by atoms with van der Waals surface area (Å²) < 4.78 is 11.0. The standard InChI is InChI=1S/C13H23N3O2/c1-10(6-8-14)4-5-11-15-12(16-18-11)13(2)7-3-9-17-13/h10H,3-9,14H2,1-2H3. The average molecular weight is 253 g/mol. The van der Waals surface area contributed by atoms with E-state index in [-0.39, 0.29) is 5.60 Å². The topological polar surface area (TPSA) is 74.2 Å². The highest BCUT2D eigenvalue weighted by molar-refractivity contribution is 5.01. The van der Waals surface area contributed by atoms with Gasteiger partial charge in [-0.2, -0.15) is 4.98 Å². The van der Waals surface area contributed by atoms with Gasteiger partial charge in [-0.1, -0.05) is 12.1 Å². The molecule has 18 heavy (non-hydrogen) atoms. The van der Waals surface area contributed by atoms with Crippen LogP contribution in [0.3, 0.4) is 0 Å². The Kier molecular flexibility index (Phi) is 4.35. The van der Waals surface area contributed by atoms with Crippen LogP contribution in [0.2, 0.25) is 0 Å². The first-order valence-corrected chi connectivity index (χ1v) is 6.81. The maximum atomic E-state index is 5.70. The third-order valence-electron chi connectivity index (χ3n) is 3.67. The molecule has 1 aromatic heterocycles. The number of hydrogen-bond acceptors (Lipinski definition) is 5. The number of aromatic nitrogens is 2. The lowest BCUT2D eigenvalue weighted by Gasteiger charge is -2.17. The van der Waals surface area contributed by atoms with Crippen molar-refractivity contribution >= 4 is 0 Å². The van der Waals surface area contributed by atoms with Gasteiger partial charge < -0.3 is 15.0 Å². The molecule has 0 aliphatic carbocycles. The SMILES string of the molecule is CC(CCN)CCc1nc(C2(C)CCCO2)no1. The van der Waals surface area contributed by atoms with E-state index in [0.717, 1.165) is 45.3 Å². The Balaban J connectivity index is 1.90. The Bertz CT molecular complexity index is 372. The summed E-state index contributed by atoms with van der Waals surface area (Å²) in [6.07, 6.45) is 4.94. The van der Waals surface area contributed by atoms with Gasteiger partial charge in [-0.05, 0) is 45.1 Å². The minimum atomic E-state index is -0.343. The van der Waals surface area contributed by atoms with Crippen LogP contribution >= 0.6 is 0 Å². The molecule has 1 aliphatic rings. The Labute approximate surface area is 108 Å². The van der Waals surface area contributed by atoms with Crippen molar-refractivity contribution in [1.29, 1.82) is 0 Å². The zero-order valence-corrected chi connectivity index (χ0v) is 11.3. The molecule has 2 unspecified atom stereocenters. The van der Waals surface area contributed by atoms with Crippen LogP contribution in [0.5, 0.6) is 0 Å². The van der Waals surface area contributed by atoms with Crippen LogP contribution in [-0.2, 0) is 16.8 Å². The van der Waals surface area contributed by atoms with Gasteiger partial charge in [0.2, 0.25) is 11.7 Å². The molecule has 5 heteroatoms. The molecule has 1 saturated heterocycles. The molecular weight excluding hydrogens is 230 g/mol. The molecule has 0 radical (unpaired) electrons. The summed E-state index contributed by atoms with van der Waals surface area (Å²) in [5, 5.41) is 4.06. The summed E-state index contributed by atoms with van der Waals surface area (Å²) in [6, 6.07) is 0. The Morgan fingerprint density at radius 3 is 2.94 bits per heavy atom. The second-order valence-electron chi connectivity index (χ2n) is 5.42. The molecule has 0 saturated carbocycles. The fourth-order valence-corrected chi connectivity index (χ4v) is 2.33. The summed E-state index contributed by atoms with van der Waals surface area (Å²) in [7, 11) is 0. The van der Waals surface area contributed by atoms with E-state index in [2.05, 4.69) is 17.1 Å². The van der Waals surface area contributed by atoms with Crippen molar-refractivity contribution in [1.82, 2.24) is 10.1 Å². The molecule has 0 bridgehead atoms. The number of ether oxygens (including phenoxy) is 1. The third kappa shape index (κ3) is 3.09. The molecule has 2 atom stereocenters. The largest absolute Gasteiger partial charge is 0.367 e. The highest BCUT2D eigenvalue weighted by atomic mass is 16.5. The Morgan fingerprint density at radius 1 is 1.44 bits per heavy atom. The summed E-state index contributed by atoms with van der Waals surface area (Å²) in [6.45, 7) is 5.76. The van der Waals surface area contributed by atoms with Crippen molar-refractivity contribution in [2.45, 2.75) is 51.6 Å². The molecular formula is C13H23N3O2. The van der Waals surface area contributed by atoms with Crippen LogP contribution in [0, 0.1) is 5.92 Å². The van der Waals surface area contributed by atoms with Gasteiger partial charge in [0.1, 0.15) is 5.60 Å². The maximum Gasteiger partial charge on any atom is 0.226 e. The van der Waals surface area contributed by atoms with Gasteiger partial charge in [-0.3, -0.25) is 0 Å². The molecule has 2 N–H and O–H groups in total. The van der Waals surface area contributed by atoms with Crippen LogP contribution in [0.15, 0.2) is 4.52 Å². The van der Waals surface area contributed by atoms with E-state index >= 15 is 0 Å². The molecule has 1 aliphatic heterocycles. The fourth-order valence-electron chi connectivity index (χ4n) is 2.33. The summed E-state index contributed by atoms with van der Waals surface area (Å²) in [5.74, 6) is 2.01. The zero-order chi connectivity index (χ0) is 13.0. The number of rotatable bonds is 6. The van der Waals surface area contributed by atoms with Crippen molar-refractivity contribution in [2.75, 3.05) is 13.2 Å². The van der Waals surface area contributed by atoms with Crippen LogP contribution in [-0.4, -0.2) is 23.3 Å². The van der Waals surface area contributed by atoms with Gasteiger partial charge in [0.25, 0.3) is 0 Å². The smallest absolute Gasteiger partial charge is 0.226 e. The number of aryl methyl sites for hydroxylation is 1. The average Bonchev–Trinajstić information content (AvgIpc) is 2.96. The first-order chi connectivity index (χ1) is 8.64. The molecule has 1 fully saturated rings. The first-order valence-electron chi connectivity index (χ1n) is 6.81. The van der Waals surface area contributed by atoms with Crippen LogP contribution in [0.4, 0.5) is 0 Å². The number of hydrogen-bond donors (Lipinski definition) is 1. The van der Waals surface area contributed by atoms with Gasteiger partial charge >= 0.3 is 0 Å². The first kappa shape index (κ1) is 13.5. The van der Waals surface area contributed by atoms with E-state index in [1.165, 1.54) is 0 Å². The van der Waals surface area contributed by atoms with E-state index in [4.69, 9.17) is 15.0 Å². The van der Waals surface area contributed by atoms with E-state index in [0.29, 0.717) is 17.6 Å². The summed E-state index contributed by atoms with van der Waals surface area (Å²) in [5.41, 5.74) is 5.19.